The van der Waals surface area contributed by atoms with Crippen molar-refractivity contribution in [2.45, 2.75) is 32.9 Å². The van der Waals surface area contributed by atoms with Crippen molar-refractivity contribution in [3.63, 3.8) is 0 Å². The van der Waals surface area contributed by atoms with Gasteiger partial charge in [0.15, 0.2) is 0 Å². The second kappa shape index (κ2) is 9.94. The third kappa shape index (κ3) is 5.73. The summed E-state index contributed by atoms with van der Waals surface area (Å²) >= 11 is 6.10. The standard InChI is InChI=1S/C23H30ClN3O/c1-19(2)27(18-20-7-4-3-5-8-20)12-11-23(28)26-15-13-25(14-16-26)22-10-6-9-21(24)17-22/h3-10,17,19H,11-16,18H2,1-2H3. The van der Waals surface area contributed by atoms with Crippen LogP contribution in [-0.4, -0.2) is 54.5 Å². The maximum atomic E-state index is 12.7. The molecular weight excluding hydrogens is 370 g/mol. The molecule has 0 atom stereocenters. The lowest BCUT2D eigenvalue weighted by Crippen LogP contribution is -2.49. The minimum atomic E-state index is 0.254. The van der Waals surface area contributed by atoms with Crippen LogP contribution in [0.5, 0.6) is 0 Å². The van der Waals surface area contributed by atoms with Gasteiger partial charge < -0.3 is 9.80 Å². The summed E-state index contributed by atoms with van der Waals surface area (Å²) in [4.78, 5) is 19.4. The molecule has 0 N–H and O–H groups in total. The summed E-state index contributed by atoms with van der Waals surface area (Å²) in [5, 5.41) is 0.753. The molecule has 1 aliphatic heterocycles. The van der Waals surface area contributed by atoms with Crippen LogP contribution in [0.2, 0.25) is 5.02 Å². The summed E-state index contributed by atoms with van der Waals surface area (Å²) in [7, 11) is 0. The van der Waals surface area contributed by atoms with Crippen molar-refractivity contribution in [3.05, 3.63) is 65.2 Å². The number of hydrogen-bond donors (Lipinski definition) is 0. The van der Waals surface area contributed by atoms with E-state index in [0.717, 1.165) is 50.0 Å². The molecule has 1 saturated heterocycles. The third-order valence-electron chi connectivity index (χ3n) is 5.38. The minimum Gasteiger partial charge on any atom is -0.368 e. The van der Waals surface area contributed by atoms with Crippen LogP contribution in [0, 0.1) is 0 Å². The molecule has 0 bridgehead atoms. The van der Waals surface area contributed by atoms with Crippen LogP contribution in [0.4, 0.5) is 5.69 Å². The van der Waals surface area contributed by atoms with E-state index in [9.17, 15) is 4.79 Å². The Morgan fingerprint density at radius 1 is 1.04 bits per heavy atom. The van der Waals surface area contributed by atoms with Gasteiger partial charge in [-0.05, 0) is 37.6 Å². The first kappa shape index (κ1) is 20.7. The number of carbonyl (C=O) groups is 1. The molecule has 0 radical (unpaired) electrons. The van der Waals surface area contributed by atoms with Gasteiger partial charge in [0.2, 0.25) is 5.91 Å². The molecule has 0 aromatic heterocycles. The normalized spacial score (nSPS) is 14.8. The maximum absolute atomic E-state index is 12.7. The molecule has 0 spiro atoms. The molecular formula is C23H30ClN3O. The van der Waals surface area contributed by atoms with E-state index in [2.05, 4.69) is 54.0 Å². The number of anilines is 1. The highest BCUT2D eigenvalue weighted by Crippen LogP contribution is 2.21. The Bertz CT molecular complexity index is 757. The monoisotopic (exact) mass is 399 g/mol. The molecule has 2 aromatic carbocycles. The smallest absolute Gasteiger partial charge is 0.223 e. The van der Waals surface area contributed by atoms with Crippen molar-refractivity contribution in [2.24, 2.45) is 0 Å². The summed E-state index contributed by atoms with van der Waals surface area (Å²) in [6.07, 6.45) is 0.572. The molecule has 3 rings (SSSR count). The van der Waals surface area contributed by atoms with Crippen LogP contribution in [0.25, 0.3) is 0 Å². The number of piperazine rings is 1. The van der Waals surface area contributed by atoms with Gasteiger partial charge in [-0.3, -0.25) is 9.69 Å². The lowest BCUT2D eigenvalue weighted by Gasteiger charge is -2.36. The fraction of sp³-hybridized carbons (Fsp3) is 0.435. The van der Waals surface area contributed by atoms with Crippen molar-refractivity contribution >= 4 is 23.2 Å². The number of amides is 1. The van der Waals surface area contributed by atoms with Crippen molar-refractivity contribution in [1.82, 2.24) is 9.80 Å². The number of carbonyl (C=O) groups excluding carboxylic acids is 1. The van der Waals surface area contributed by atoms with Gasteiger partial charge in [0, 0.05) is 62.4 Å². The Morgan fingerprint density at radius 3 is 2.39 bits per heavy atom. The molecule has 1 aliphatic rings. The van der Waals surface area contributed by atoms with Crippen molar-refractivity contribution in [3.8, 4) is 0 Å². The molecule has 1 heterocycles. The highest BCUT2D eigenvalue weighted by molar-refractivity contribution is 6.30. The number of benzene rings is 2. The fourth-order valence-corrected chi connectivity index (χ4v) is 3.81. The molecule has 1 amide bonds. The van der Waals surface area contributed by atoms with Crippen LogP contribution in [0.3, 0.4) is 0 Å². The number of halogens is 1. The molecule has 28 heavy (non-hydrogen) atoms. The average Bonchev–Trinajstić information content (AvgIpc) is 2.71. The van der Waals surface area contributed by atoms with Crippen LogP contribution in [-0.2, 0) is 11.3 Å². The summed E-state index contributed by atoms with van der Waals surface area (Å²) < 4.78 is 0. The van der Waals surface area contributed by atoms with Crippen LogP contribution < -0.4 is 4.90 Å². The summed E-state index contributed by atoms with van der Waals surface area (Å²) in [5.41, 5.74) is 2.42. The second-order valence-electron chi connectivity index (χ2n) is 7.65. The van der Waals surface area contributed by atoms with Crippen molar-refractivity contribution in [1.29, 1.82) is 0 Å². The van der Waals surface area contributed by atoms with E-state index in [1.165, 1.54) is 5.56 Å². The summed E-state index contributed by atoms with van der Waals surface area (Å²) in [6.45, 7) is 9.30. The predicted molar refractivity (Wildman–Crippen MR) is 117 cm³/mol. The summed E-state index contributed by atoms with van der Waals surface area (Å²) in [5.74, 6) is 0.254. The Kier molecular flexibility index (Phi) is 7.35. The zero-order valence-electron chi connectivity index (χ0n) is 16.9. The van der Waals surface area contributed by atoms with Crippen molar-refractivity contribution in [2.75, 3.05) is 37.6 Å². The Balaban J connectivity index is 1.48. The first-order valence-electron chi connectivity index (χ1n) is 10.1. The topological polar surface area (TPSA) is 26.8 Å². The van der Waals surface area contributed by atoms with Gasteiger partial charge >= 0.3 is 0 Å². The molecule has 0 unspecified atom stereocenters. The number of rotatable bonds is 7. The lowest BCUT2D eigenvalue weighted by atomic mass is 10.1. The SMILES string of the molecule is CC(C)N(CCC(=O)N1CCN(c2cccc(Cl)c2)CC1)Cc1ccccc1. The van der Waals surface area contributed by atoms with Crippen LogP contribution >= 0.6 is 11.6 Å². The number of hydrogen-bond acceptors (Lipinski definition) is 3. The Labute approximate surface area is 173 Å². The first-order valence-corrected chi connectivity index (χ1v) is 10.5. The largest absolute Gasteiger partial charge is 0.368 e. The molecule has 1 fully saturated rings. The van der Waals surface area contributed by atoms with E-state index < -0.39 is 0 Å². The van der Waals surface area contributed by atoms with E-state index in [0.29, 0.717) is 12.5 Å². The quantitative estimate of drug-likeness (QED) is 0.694. The van der Waals surface area contributed by atoms with Gasteiger partial charge in [0.1, 0.15) is 0 Å². The Hall–Kier alpha value is -2.04. The van der Waals surface area contributed by atoms with Crippen molar-refractivity contribution < 1.29 is 4.79 Å². The third-order valence-corrected chi connectivity index (χ3v) is 5.61. The molecule has 5 heteroatoms. The first-order chi connectivity index (χ1) is 13.5. The van der Waals surface area contributed by atoms with E-state index in [4.69, 9.17) is 11.6 Å². The molecule has 4 nitrogen and oxygen atoms in total. The van der Waals surface area contributed by atoms with Gasteiger partial charge in [0.05, 0.1) is 0 Å². The average molecular weight is 400 g/mol. The molecule has 0 aliphatic carbocycles. The minimum absolute atomic E-state index is 0.254. The van der Waals surface area contributed by atoms with Crippen LogP contribution in [0.1, 0.15) is 25.8 Å². The van der Waals surface area contributed by atoms with Crippen LogP contribution in [0.15, 0.2) is 54.6 Å². The predicted octanol–water partition coefficient (Wildman–Crippen LogP) is 4.29. The van der Waals surface area contributed by atoms with Gasteiger partial charge in [-0.15, -0.1) is 0 Å². The van der Waals surface area contributed by atoms with Gasteiger partial charge in [-0.25, -0.2) is 0 Å². The zero-order valence-corrected chi connectivity index (χ0v) is 17.6. The van der Waals surface area contributed by atoms with E-state index in [-0.39, 0.29) is 5.91 Å². The fourth-order valence-electron chi connectivity index (χ4n) is 3.62. The lowest BCUT2D eigenvalue weighted by molar-refractivity contribution is -0.132. The van der Waals surface area contributed by atoms with Gasteiger partial charge in [0.25, 0.3) is 0 Å². The molecule has 2 aromatic rings. The number of nitrogens with zero attached hydrogens (tertiary/aromatic N) is 3. The van der Waals surface area contributed by atoms with Gasteiger partial charge in [-0.2, -0.15) is 0 Å². The molecule has 150 valence electrons. The highest BCUT2D eigenvalue weighted by Gasteiger charge is 2.22. The van der Waals surface area contributed by atoms with Gasteiger partial charge in [-0.1, -0.05) is 48.0 Å². The highest BCUT2D eigenvalue weighted by atomic mass is 35.5. The Morgan fingerprint density at radius 2 is 1.75 bits per heavy atom. The second-order valence-corrected chi connectivity index (χ2v) is 8.08. The maximum Gasteiger partial charge on any atom is 0.223 e. The van der Waals surface area contributed by atoms with E-state index in [1.54, 1.807) is 0 Å². The molecule has 0 saturated carbocycles. The summed E-state index contributed by atoms with van der Waals surface area (Å²) in [6, 6.07) is 18.8. The van der Waals surface area contributed by atoms with E-state index >= 15 is 0 Å². The van der Waals surface area contributed by atoms with E-state index in [1.807, 2.05) is 29.2 Å². The zero-order chi connectivity index (χ0) is 19.9.